The molecule has 1 aromatic carbocycles. The fourth-order valence-corrected chi connectivity index (χ4v) is 1.67. The van der Waals surface area contributed by atoms with Crippen molar-refractivity contribution in [1.29, 1.82) is 0 Å². The van der Waals surface area contributed by atoms with Crippen LogP contribution in [0.5, 0.6) is 5.75 Å². The molecule has 2 nitrogen and oxygen atoms in total. The number of hydrogen-bond acceptors (Lipinski definition) is 2. The first kappa shape index (κ1) is 10.4. The van der Waals surface area contributed by atoms with Gasteiger partial charge in [0.05, 0.1) is 0 Å². The molecule has 0 saturated heterocycles. The number of rotatable bonds is 0. The molecule has 72 valence electrons. The van der Waals surface area contributed by atoms with E-state index in [-0.39, 0.29) is 17.0 Å². The van der Waals surface area contributed by atoms with Crippen LogP contribution in [0.15, 0.2) is 18.2 Å². The summed E-state index contributed by atoms with van der Waals surface area (Å²) in [5, 5.41) is 12.8. The zero-order valence-electron chi connectivity index (χ0n) is 7.58. The topological polar surface area (TPSA) is 32.3 Å². The van der Waals surface area contributed by atoms with Crippen molar-refractivity contribution in [2.24, 2.45) is 0 Å². The van der Waals surface area contributed by atoms with E-state index in [9.17, 15) is 5.11 Å². The first-order valence-electron chi connectivity index (χ1n) is 4.35. The molecular formula is C10H14BrNO. The van der Waals surface area contributed by atoms with Crippen LogP contribution in [0.4, 0.5) is 5.69 Å². The van der Waals surface area contributed by atoms with Crippen molar-refractivity contribution in [3.63, 3.8) is 0 Å². The molecule has 0 amide bonds. The molecule has 1 aliphatic rings. The third-order valence-corrected chi connectivity index (χ3v) is 2.38. The summed E-state index contributed by atoms with van der Waals surface area (Å²) in [4.78, 5) is 0. The number of benzene rings is 1. The molecule has 0 saturated carbocycles. The van der Waals surface area contributed by atoms with E-state index in [0.717, 1.165) is 24.1 Å². The normalized spacial score (nSPS) is 19.6. The van der Waals surface area contributed by atoms with Crippen molar-refractivity contribution in [2.75, 3.05) is 5.32 Å². The van der Waals surface area contributed by atoms with Crippen LogP contribution in [0.25, 0.3) is 0 Å². The molecule has 0 fully saturated rings. The van der Waals surface area contributed by atoms with Crippen LogP contribution in [-0.2, 0) is 6.42 Å². The number of nitrogens with one attached hydrogen (secondary N) is 1. The minimum Gasteiger partial charge on any atom is -0.508 e. The van der Waals surface area contributed by atoms with E-state index < -0.39 is 0 Å². The Labute approximate surface area is 88.7 Å². The lowest BCUT2D eigenvalue weighted by molar-refractivity contribution is 0.464. The van der Waals surface area contributed by atoms with E-state index in [1.54, 1.807) is 6.07 Å². The Morgan fingerprint density at radius 2 is 2.23 bits per heavy atom. The highest BCUT2D eigenvalue weighted by atomic mass is 79.9. The number of aromatic hydroxyl groups is 1. The second kappa shape index (κ2) is 4.01. The van der Waals surface area contributed by atoms with E-state index in [1.807, 2.05) is 12.1 Å². The van der Waals surface area contributed by atoms with E-state index in [2.05, 4.69) is 12.2 Å². The molecule has 1 unspecified atom stereocenters. The van der Waals surface area contributed by atoms with Crippen molar-refractivity contribution in [3.05, 3.63) is 23.8 Å². The number of anilines is 1. The lowest BCUT2D eigenvalue weighted by Crippen LogP contribution is -2.21. The fraction of sp³-hybridized carbons (Fsp3) is 0.400. The zero-order valence-corrected chi connectivity index (χ0v) is 9.29. The average Bonchev–Trinajstić information content (AvgIpc) is 2.04. The zero-order chi connectivity index (χ0) is 8.55. The van der Waals surface area contributed by atoms with Crippen LogP contribution in [0.3, 0.4) is 0 Å². The molecule has 0 bridgehead atoms. The van der Waals surface area contributed by atoms with Crippen LogP contribution in [0.1, 0.15) is 18.9 Å². The summed E-state index contributed by atoms with van der Waals surface area (Å²) >= 11 is 0. The summed E-state index contributed by atoms with van der Waals surface area (Å²) < 4.78 is 0. The Morgan fingerprint density at radius 3 is 3.00 bits per heavy atom. The Kier molecular flexibility index (Phi) is 3.20. The third kappa shape index (κ3) is 1.97. The Hall–Kier alpha value is -0.700. The van der Waals surface area contributed by atoms with Gasteiger partial charge >= 0.3 is 0 Å². The third-order valence-electron chi connectivity index (χ3n) is 2.38. The maximum Gasteiger partial charge on any atom is 0.120 e. The molecule has 0 spiro atoms. The Morgan fingerprint density at radius 1 is 1.46 bits per heavy atom. The molecule has 3 heteroatoms. The summed E-state index contributed by atoms with van der Waals surface area (Å²) in [6, 6.07) is 6.17. The van der Waals surface area contributed by atoms with Crippen molar-refractivity contribution in [3.8, 4) is 5.75 Å². The Balaban J connectivity index is 0.000000845. The van der Waals surface area contributed by atoms with Gasteiger partial charge in [-0.05, 0) is 31.9 Å². The van der Waals surface area contributed by atoms with Crippen molar-refractivity contribution in [2.45, 2.75) is 25.8 Å². The molecule has 0 aliphatic carbocycles. The van der Waals surface area contributed by atoms with Gasteiger partial charge in [-0.2, -0.15) is 0 Å². The van der Waals surface area contributed by atoms with E-state index in [4.69, 9.17) is 0 Å². The number of halogens is 1. The van der Waals surface area contributed by atoms with Crippen molar-refractivity contribution in [1.82, 2.24) is 0 Å². The highest BCUT2D eigenvalue weighted by molar-refractivity contribution is 8.93. The number of hydrogen-bond donors (Lipinski definition) is 2. The van der Waals surface area contributed by atoms with Gasteiger partial charge in [0, 0.05) is 17.3 Å². The molecule has 0 aromatic heterocycles. The van der Waals surface area contributed by atoms with Gasteiger partial charge < -0.3 is 10.4 Å². The molecule has 1 aliphatic heterocycles. The molecule has 1 heterocycles. The van der Waals surface area contributed by atoms with Crippen LogP contribution in [0, 0.1) is 0 Å². The maximum absolute atomic E-state index is 9.50. The van der Waals surface area contributed by atoms with Crippen molar-refractivity contribution >= 4 is 22.7 Å². The van der Waals surface area contributed by atoms with Gasteiger partial charge in [-0.3, -0.25) is 0 Å². The van der Waals surface area contributed by atoms with E-state index >= 15 is 0 Å². The summed E-state index contributed by atoms with van der Waals surface area (Å²) in [6.45, 7) is 2.16. The van der Waals surface area contributed by atoms with Crippen LogP contribution in [0.2, 0.25) is 0 Å². The second-order valence-electron chi connectivity index (χ2n) is 3.39. The van der Waals surface area contributed by atoms with E-state index in [0.29, 0.717) is 11.8 Å². The van der Waals surface area contributed by atoms with Gasteiger partial charge in [0.15, 0.2) is 0 Å². The molecule has 2 N–H and O–H groups in total. The summed E-state index contributed by atoms with van der Waals surface area (Å²) in [5.41, 5.74) is 2.16. The number of phenols is 1. The SMILES string of the molecule is Br.CC1CCc2c(O)cccc2N1. The molecular weight excluding hydrogens is 230 g/mol. The van der Waals surface area contributed by atoms with Crippen LogP contribution >= 0.6 is 17.0 Å². The van der Waals surface area contributed by atoms with E-state index in [1.165, 1.54) is 0 Å². The maximum atomic E-state index is 9.50. The molecule has 1 atom stereocenters. The predicted octanol–water partition coefficient (Wildman–Crippen LogP) is 2.72. The lowest BCUT2D eigenvalue weighted by atomic mass is 9.98. The highest BCUT2D eigenvalue weighted by Crippen LogP contribution is 2.31. The summed E-state index contributed by atoms with van der Waals surface area (Å²) in [7, 11) is 0. The molecule has 2 rings (SSSR count). The lowest BCUT2D eigenvalue weighted by Gasteiger charge is -2.24. The summed E-state index contributed by atoms with van der Waals surface area (Å²) in [6.07, 6.45) is 2.08. The fourth-order valence-electron chi connectivity index (χ4n) is 1.67. The standard InChI is InChI=1S/C10H13NO.BrH/c1-7-5-6-8-9(11-7)3-2-4-10(8)12;/h2-4,7,11-12H,5-6H2,1H3;1H. The van der Waals surface area contributed by atoms with Crippen LogP contribution in [-0.4, -0.2) is 11.1 Å². The smallest absolute Gasteiger partial charge is 0.120 e. The molecule has 0 radical (unpaired) electrons. The average molecular weight is 244 g/mol. The van der Waals surface area contributed by atoms with Gasteiger partial charge in [0.2, 0.25) is 0 Å². The monoisotopic (exact) mass is 243 g/mol. The quantitative estimate of drug-likeness (QED) is 0.735. The van der Waals surface area contributed by atoms with Crippen LogP contribution < -0.4 is 5.32 Å². The summed E-state index contributed by atoms with van der Waals surface area (Å²) in [5.74, 6) is 0.423. The molecule has 1 aromatic rings. The molecule has 13 heavy (non-hydrogen) atoms. The largest absolute Gasteiger partial charge is 0.508 e. The number of fused-ring (bicyclic) bond motifs is 1. The van der Waals surface area contributed by atoms with Gasteiger partial charge in [0.1, 0.15) is 5.75 Å². The van der Waals surface area contributed by atoms with Gasteiger partial charge in [0.25, 0.3) is 0 Å². The van der Waals surface area contributed by atoms with Crippen molar-refractivity contribution < 1.29 is 5.11 Å². The first-order chi connectivity index (χ1) is 5.77. The minimum atomic E-state index is 0. The second-order valence-corrected chi connectivity index (χ2v) is 3.39. The number of phenolic OH excluding ortho intramolecular Hbond substituents is 1. The first-order valence-corrected chi connectivity index (χ1v) is 4.35. The highest BCUT2D eigenvalue weighted by Gasteiger charge is 2.15. The Bertz CT molecular complexity index is 301. The minimum absolute atomic E-state index is 0. The van der Waals surface area contributed by atoms with Gasteiger partial charge in [-0.15, -0.1) is 17.0 Å². The van der Waals surface area contributed by atoms with Gasteiger partial charge in [-0.25, -0.2) is 0 Å². The van der Waals surface area contributed by atoms with Gasteiger partial charge in [-0.1, -0.05) is 6.07 Å². The predicted molar refractivity (Wildman–Crippen MR) is 59.8 cm³/mol.